The van der Waals surface area contributed by atoms with Gasteiger partial charge >= 0.3 is 0 Å². The van der Waals surface area contributed by atoms with Gasteiger partial charge in [0.2, 0.25) is 0 Å². The van der Waals surface area contributed by atoms with Gasteiger partial charge in [0, 0.05) is 0 Å². The van der Waals surface area contributed by atoms with E-state index in [0.29, 0.717) is 5.92 Å². The van der Waals surface area contributed by atoms with E-state index in [1.807, 2.05) is 0 Å². The molecule has 0 heterocycles. The van der Waals surface area contributed by atoms with E-state index in [0.717, 1.165) is 25.1 Å². The Bertz CT molecular complexity index is 347. The summed E-state index contributed by atoms with van der Waals surface area (Å²) in [4.78, 5) is 0. The van der Waals surface area contributed by atoms with Gasteiger partial charge in [0.25, 0.3) is 0 Å². The maximum atomic E-state index is 5.58. The van der Waals surface area contributed by atoms with Crippen LogP contribution in [0.15, 0.2) is 12.1 Å². The van der Waals surface area contributed by atoms with Crippen molar-refractivity contribution in [1.82, 2.24) is 0 Å². The lowest BCUT2D eigenvalue weighted by atomic mass is 9.95. The summed E-state index contributed by atoms with van der Waals surface area (Å²) in [7, 11) is 1.74. The number of rotatable bonds is 5. The molecule has 0 bridgehead atoms. The standard InChI is InChI=1S/C14H23NO/c1-10(5-6-15)7-13-8-11(2)12(3)9-14(13)16-4/h8-10H,5-7,15H2,1-4H3. The number of methoxy groups -OCH3 is 1. The first-order chi connectivity index (χ1) is 7.58. The minimum Gasteiger partial charge on any atom is -0.496 e. The van der Waals surface area contributed by atoms with Gasteiger partial charge in [0.1, 0.15) is 5.75 Å². The van der Waals surface area contributed by atoms with E-state index in [-0.39, 0.29) is 0 Å². The Kier molecular flexibility index (Phi) is 4.81. The molecule has 0 aromatic heterocycles. The van der Waals surface area contributed by atoms with E-state index < -0.39 is 0 Å². The second-order valence-corrected chi connectivity index (χ2v) is 4.63. The summed E-state index contributed by atoms with van der Waals surface area (Å²) < 4.78 is 5.43. The fourth-order valence-corrected chi connectivity index (χ4v) is 1.96. The molecule has 0 saturated carbocycles. The van der Waals surface area contributed by atoms with Gasteiger partial charge in [-0.3, -0.25) is 0 Å². The fraction of sp³-hybridized carbons (Fsp3) is 0.571. The third-order valence-electron chi connectivity index (χ3n) is 3.12. The summed E-state index contributed by atoms with van der Waals surface area (Å²) in [6.45, 7) is 7.26. The van der Waals surface area contributed by atoms with Crippen LogP contribution in [0.5, 0.6) is 5.75 Å². The molecule has 1 atom stereocenters. The molecule has 1 unspecified atom stereocenters. The van der Waals surface area contributed by atoms with Gasteiger partial charge in [-0.15, -0.1) is 0 Å². The largest absolute Gasteiger partial charge is 0.496 e. The second-order valence-electron chi connectivity index (χ2n) is 4.63. The first kappa shape index (κ1) is 13.0. The predicted octanol–water partition coefficient (Wildman–Crippen LogP) is 2.84. The summed E-state index contributed by atoms with van der Waals surface area (Å²) >= 11 is 0. The Morgan fingerprint density at radius 1 is 1.25 bits per heavy atom. The SMILES string of the molecule is COc1cc(C)c(C)cc1CC(C)CCN. The topological polar surface area (TPSA) is 35.2 Å². The Morgan fingerprint density at radius 2 is 1.88 bits per heavy atom. The highest BCUT2D eigenvalue weighted by atomic mass is 16.5. The number of benzene rings is 1. The zero-order valence-electron chi connectivity index (χ0n) is 10.8. The summed E-state index contributed by atoms with van der Waals surface area (Å²) in [5.74, 6) is 1.62. The lowest BCUT2D eigenvalue weighted by Crippen LogP contribution is -2.09. The van der Waals surface area contributed by atoms with E-state index in [1.165, 1.54) is 16.7 Å². The van der Waals surface area contributed by atoms with Crippen LogP contribution in [-0.4, -0.2) is 13.7 Å². The van der Waals surface area contributed by atoms with Crippen molar-refractivity contribution in [1.29, 1.82) is 0 Å². The highest BCUT2D eigenvalue weighted by molar-refractivity contribution is 5.41. The van der Waals surface area contributed by atoms with Crippen LogP contribution in [0, 0.1) is 19.8 Å². The average Bonchev–Trinajstić information content (AvgIpc) is 2.23. The summed E-state index contributed by atoms with van der Waals surface area (Å²) in [5.41, 5.74) is 9.49. The van der Waals surface area contributed by atoms with E-state index in [4.69, 9.17) is 10.5 Å². The fourth-order valence-electron chi connectivity index (χ4n) is 1.96. The minimum atomic E-state index is 0.612. The normalized spacial score (nSPS) is 12.6. The molecular weight excluding hydrogens is 198 g/mol. The Balaban J connectivity index is 2.89. The van der Waals surface area contributed by atoms with Crippen LogP contribution in [0.2, 0.25) is 0 Å². The summed E-state index contributed by atoms with van der Waals surface area (Å²) in [6, 6.07) is 4.36. The molecule has 0 aliphatic rings. The predicted molar refractivity (Wildman–Crippen MR) is 69.0 cm³/mol. The zero-order chi connectivity index (χ0) is 12.1. The molecular formula is C14H23NO. The van der Waals surface area contributed by atoms with Crippen molar-refractivity contribution in [3.05, 3.63) is 28.8 Å². The Morgan fingerprint density at radius 3 is 2.44 bits per heavy atom. The van der Waals surface area contributed by atoms with E-state index >= 15 is 0 Å². The Hall–Kier alpha value is -1.02. The maximum Gasteiger partial charge on any atom is 0.122 e. The lowest BCUT2D eigenvalue weighted by Gasteiger charge is -2.15. The van der Waals surface area contributed by atoms with Crippen molar-refractivity contribution >= 4 is 0 Å². The minimum absolute atomic E-state index is 0.612. The van der Waals surface area contributed by atoms with Gasteiger partial charge in [-0.1, -0.05) is 13.0 Å². The molecule has 0 radical (unpaired) electrons. The molecule has 16 heavy (non-hydrogen) atoms. The van der Waals surface area contributed by atoms with Crippen molar-refractivity contribution in [2.24, 2.45) is 11.7 Å². The Labute approximate surface area is 98.8 Å². The van der Waals surface area contributed by atoms with Crippen molar-refractivity contribution < 1.29 is 4.74 Å². The molecule has 0 saturated heterocycles. The molecule has 1 aromatic rings. The number of hydrogen-bond acceptors (Lipinski definition) is 2. The van der Waals surface area contributed by atoms with E-state index in [1.54, 1.807) is 7.11 Å². The molecule has 2 heteroatoms. The molecule has 1 aromatic carbocycles. The third-order valence-corrected chi connectivity index (χ3v) is 3.12. The van der Waals surface area contributed by atoms with Gasteiger partial charge in [-0.25, -0.2) is 0 Å². The molecule has 90 valence electrons. The van der Waals surface area contributed by atoms with Gasteiger partial charge in [0.15, 0.2) is 0 Å². The summed E-state index contributed by atoms with van der Waals surface area (Å²) in [5, 5.41) is 0. The van der Waals surface area contributed by atoms with Crippen LogP contribution >= 0.6 is 0 Å². The summed E-state index contributed by atoms with van der Waals surface area (Å²) in [6.07, 6.45) is 2.11. The van der Waals surface area contributed by atoms with E-state index in [2.05, 4.69) is 32.9 Å². The molecule has 2 nitrogen and oxygen atoms in total. The second kappa shape index (κ2) is 5.90. The van der Waals surface area contributed by atoms with Crippen LogP contribution in [0.3, 0.4) is 0 Å². The maximum absolute atomic E-state index is 5.58. The lowest BCUT2D eigenvalue weighted by molar-refractivity contribution is 0.403. The first-order valence-electron chi connectivity index (χ1n) is 5.92. The van der Waals surface area contributed by atoms with Gasteiger partial charge in [-0.05, 0) is 61.9 Å². The molecule has 0 aliphatic carbocycles. The van der Waals surface area contributed by atoms with Crippen LogP contribution in [0.1, 0.15) is 30.0 Å². The van der Waals surface area contributed by atoms with Crippen LogP contribution in [0.4, 0.5) is 0 Å². The van der Waals surface area contributed by atoms with E-state index in [9.17, 15) is 0 Å². The van der Waals surface area contributed by atoms with Crippen LogP contribution < -0.4 is 10.5 Å². The molecule has 0 amide bonds. The molecule has 0 fully saturated rings. The highest BCUT2D eigenvalue weighted by Crippen LogP contribution is 2.26. The molecule has 1 rings (SSSR count). The highest BCUT2D eigenvalue weighted by Gasteiger charge is 2.09. The van der Waals surface area contributed by atoms with Crippen molar-refractivity contribution in [3.63, 3.8) is 0 Å². The van der Waals surface area contributed by atoms with Crippen molar-refractivity contribution in [3.8, 4) is 5.75 Å². The number of hydrogen-bond donors (Lipinski definition) is 1. The first-order valence-corrected chi connectivity index (χ1v) is 5.92. The van der Waals surface area contributed by atoms with Crippen LogP contribution in [0.25, 0.3) is 0 Å². The van der Waals surface area contributed by atoms with Crippen molar-refractivity contribution in [2.45, 2.75) is 33.6 Å². The van der Waals surface area contributed by atoms with Gasteiger partial charge in [0.05, 0.1) is 7.11 Å². The van der Waals surface area contributed by atoms with Crippen molar-refractivity contribution in [2.75, 3.05) is 13.7 Å². The molecule has 0 aliphatic heterocycles. The smallest absolute Gasteiger partial charge is 0.122 e. The van der Waals surface area contributed by atoms with Gasteiger partial charge in [-0.2, -0.15) is 0 Å². The van der Waals surface area contributed by atoms with Crippen LogP contribution in [-0.2, 0) is 6.42 Å². The third kappa shape index (κ3) is 3.24. The number of aryl methyl sites for hydroxylation is 2. The zero-order valence-corrected chi connectivity index (χ0v) is 10.8. The quantitative estimate of drug-likeness (QED) is 0.829. The molecule has 0 spiro atoms. The monoisotopic (exact) mass is 221 g/mol. The number of ether oxygens (including phenoxy) is 1. The van der Waals surface area contributed by atoms with Gasteiger partial charge < -0.3 is 10.5 Å². The average molecular weight is 221 g/mol. The molecule has 2 N–H and O–H groups in total. The number of nitrogens with two attached hydrogens (primary N) is 1.